The van der Waals surface area contributed by atoms with E-state index in [0.29, 0.717) is 0 Å². The number of carbonyl (C=O) groups is 1. The number of rotatable bonds is 3. The number of aliphatic hydroxyl groups is 1. The van der Waals surface area contributed by atoms with Crippen LogP contribution in [0, 0.1) is 6.92 Å². The first-order chi connectivity index (χ1) is 8.23. The molecule has 0 fully saturated rings. The van der Waals surface area contributed by atoms with Crippen LogP contribution in [-0.4, -0.2) is 34.9 Å². The number of carbonyl (C=O) groups excluding carboxylic acids is 1. The molecule has 7 heteroatoms. The van der Waals surface area contributed by atoms with Gasteiger partial charge in [-0.25, -0.2) is 0 Å². The van der Waals surface area contributed by atoms with Gasteiger partial charge in [0.15, 0.2) is 6.10 Å². The van der Waals surface area contributed by atoms with Crippen LogP contribution in [0.15, 0.2) is 18.2 Å². The number of hydrogen-bond donors (Lipinski definition) is 3. The maximum Gasteiger partial charge on any atom is 0.416 e. The van der Waals surface area contributed by atoms with Gasteiger partial charge in [0.1, 0.15) is 5.75 Å². The smallest absolute Gasteiger partial charge is 0.416 e. The normalized spacial score (nSPS) is 13.2. The molecule has 0 spiro atoms. The van der Waals surface area contributed by atoms with Crippen molar-refractivity contribution in [2.75, 3.05) is 6.54 Å². The van der Waals surface area contributed by atoms with E-state index in [0.717, 1.165) is 0 Å². The number of phenolic OH excluding ortho intramolecular Hbond substituents is 1. The first-order valence-corrected chi connectivity index (χ1v) is 5.05. The molecule has 1 unspecified atom stereocenters. The summed E-state index contributed by atoms with van der Waals surface area (Å²) in [6, 6.07) is 4.12. The molecule has 0 saturated carbocycles. The molecule has 0 saturated heterocycles. The highest BCUT2D eigenvalue weighted by molar-refractivity contribution is 5.96. The van der Waals surface area contributed by atoms with E-state index in [1.165, 1.54) is 25.1 Å². The maximum atomic E-state index is 12.0. The first kappa shape index (κ1) is 14.3. The van der Waals surface area contributed by atoms with Gasteiger partial charge in [-0.15, -0.1) is 0 Å². The van der Waals surface area contributed by atoms with E-state index >= 15 is 0 Å². The predicted molar refractivity (Wildman–Crippen MR) is 57.2 cm³/mol. The van der Waals surface area contributed by atoms with Crippen LogP contribution in [0.2, 0.25) is 0 Å². The van der Waals surface area contributed by atoms with Gasteiger partial charge in [0.05, 0.1) is 6.54 Å². The van der Waals surface area contributed by atoms with E-state index in [9.17, 15) is 23.1 Å². The molecular formula is C11H12F3NO3. The minimum Gasteiger partial charge on any atom is -0.508 e. The van der Waals surface area contributed by atoms with Crippen LogP contribution in [0.3, 0.4) is 0 Å². The van der Waals surface area contributed by atoms with Gasteiger partial charge in [-0.3, -0.25) is 4.79 Å². The fraction of sp³-hybridized carbons (Fsp3) is 0.364. The van der Waals surface area contributed by atoms with E-state index in [1.54, 1.807) is 0 Å². The van der Waals surface area contributed by atoms with E-state index < -0.39 is 24.7 Å². The second-order valence-electron chi connectivity index (χ2n) is 3.72. The van der Waals surface area contributed by atoms with Crippen molar-refractivity contribution >= 4 is 5.91 Å². The van der Waals surface area contributed by atoms with Crippen molar-refractivity contribution in [3.63, 3.8) is 0 Å². The van der Waals surface area contributed by atoms with Crippen LogP contribution in [0.25, 0.3) is 0 Å². The SMILES string of the molecule is Cc1c(O)cccc1C(=O)NCC(O)C(F)(F)F. The largest absolute Gasteiger partial charge is 0.508 e. The van der Waals surface area contributed by atoms with Gasteiger partial charge in [0, 0.05) is 11.1 Å². The lowest BCUT2D eigenvalue weighted by molar-refractivity contribution is -0.201. The Bertz CT molecular complexity index is 446. The predicted octanol–water partition coefficient (Wildman–Crippen LogP) is 1.35. The summed E-state index contributed by atoms with van der Waals surface area (Å²) in [4.78, 5) is 11.5. The zero-order valence-corrected chi connectivity index (χ0v) is 9.45. The molecule has 0 radical (unpaired) electrons. The molecule has 4 nitrogen and oxygen atoms in total. The van der Waals surface area contributed by atoms with Crippen molar-refractivity contribution in [1.29, 1.82) is 0 Å². The zero-order valence-electron chi connectivity index (χ0n) is 9.45. The number of aromatic hydroxyl groups is 1. The molecule has 1 aromatic carbocycles. The third-order valence-electron chi connectivity index (χ3n) is 2.38. The minimum absolute atomic E-state index is 0.0596. The Morgan fingerprint density at radius 3 is 2.61 bits per heavy atom. The molecular weight excluding hydrogens is 251 g/mol. The number of alkyl halides is 3. The van der Waals surface area contributed by atoms with Crippen molar-refractivity contribution in [3.8, 4) is 5.75 Å². The van der Waals surface area contributed by atoms with Gasteiger partial charge >= 0.3 is 6.18 Å². The van der Waals surface area contributed by atoms with E-state index in [2.05, 4.69) is 0 Å². The lowest BCUT2D eigenvalue weighted by atomic mass is 10.1. The number of nitrogens with one attached hydrogen (secondary N) is 1. The summed E-state index contributed by atoms with van der Waals surface area (Å²) in [5.74, 6) is -0.911. The van der Waals surface area contributed by atoms with Crippen LogP contribution in [0.4, 0.5) is 13.2 Å². The standard InChI is InChI=1S/C11H12F3NO3/c1-6-7(3-2-4-8(6)16)10(18)15-5-9(17)11(12,13)14/h2-4,9,16-17H,5H2,1H3,(H,15,18). The summed E-state index contributed by atoms with van der Waals surface area (Å²) in [5, 5.41) is 20.0. The molecule has 100 valence electrons. The summed E-state index contributed by atoms with van der Waals surface area (Å²) in [6.45, 7) is 0.530. The van der Waals surface area contributed by atoms with Gasteiger partial charge in [-0.1, -0.05) is 6.07 Å². The van der Waals surface area contributed by atoms with Crippen molar-refractivity contribution in [2.24, 2.45) is 0 Å². The van der Waals surface area contributed by atoms with Crippen molar-refractivity contribution in [2.45, 2.75) is 19.2 Å². The van der Waals surface area contributed by atoms with Crippen molar-refractivity contribution in [3.05, 3.63) is 29.3 Å². The number of amides is 1. The van der Waals surface area contributed by atoms with Crippen LogP contribution < -0.4 is 5.32 Å². The van der Waals surface area contributed by atoms with Gasteiger partial charge in [0.2, 0.25) is 0 Å². The van der Waals surface area contributed by atoms with Crippen LogP contribution >= 0.6 is 0 Å². The molecule has 0 aliphatic rings. The van der Waals surface area contributed by atoms with Gasteiger partial charge in [-0.05, 0) is 19.1 Å². The maximum absolute atomic E-state index is 12.0. The molecule has 1 amide bonds. The Hall–Kier alpha value is -1.76. The molecule has 0 aromatic heterocycles. The Balaban J connectivity index is 2.70. The molecule has 0 aliphatic heterocycles. The van der Waals surface area contributed by atoms with Gasteiger partial charge in [0.25, 0.3) is 5.91 Å². The molecule has 0 heterocycles. The molecule has 3 N–H and O–H groups in total. The molecule has 1 aromatic rings. The average Bonchev–Trinajstić information content (AvgIpc) is 2.27. The zero-order chi connectivity index (χ0) is 13.9. The Labute approximate surface area is 101 Å². The molecule has 1 atom stereocenters. The number of benzene rings is 1. The molecule has 1 rings (SSSR count). The number of hydrogen-bond acceptors (Lipinski definition) is 3. The van der Waals surface area contributed by atoms with Gasteiger partial charge in [-0.2, -0.15) is 13.2 Å². The number of aliphatic hydroxyl groups excluding tert-OH is 1. The monoisotopic (exact) mass is 263 g/mol. The van der Waals surface area contributed by atoms with Crippen molar-refractivity contribution in [1.82, 2.24) is 5.32 Å². The van der Waals surface area contributed by atoms with Crippen molar-refractivity contribution < 1.29 is 28.2 Å². The molecule has 18 heavy (non-hydrogen) atoms. The average molecular weight is 263 g/mol. The molecule has 0 aliphatic carbocycles. The summed E-state index contributed by atoms with van der Waals surface area (Å²) in [5.41, 5.74) is 0.320. The Kier molecular flexibility index (Phi) is 4.18. The van der Waals surface area contributed by atoms with E-state index in [-0.39, 0.29) is 16.9 Å². The highest BCUT2D eigenvalue weighted by atomic mass is 19.4. The summed E-state index contributed by atoms with van der Waals surface area (Å²) >= 11 is 0. The quantitative estimate of drug-likeness (QED) is 0.771. The van der Waals surface area contributed by atoms with Crippen LogP contribution in [0.5, 0.6) is 5.75 Å². The lowest BCUT2D eigenvalue weighted by Gasteiger charge is -2.15. The third-order valence-corrected chi connectivity index (χ3v) is 2.38. The highest BCUT2D eigenvalue weighted by Crippen LogP contribution is 2.21. The second-order valence-corrected chi connectivity index (χ2v) is 3.72. The van der Waals surface area contributed by atoms with Gasteiger partial charge < -0.3 is 15.5 Å². The third kappa shape index (κ3) is 3.36. The van der Waals surface area contributed by atoms with E-state index in [1.807, 2.05) is 5.32 Å². The van der Waals surface area contributed by atoms with Crippen LogP contribution in [0.1, 0.15) is 15.9 Å². The highest BCUT2D eigenvalue weighted by Gasteiger charge is 2.38. The lowest BCUT2D eigenvalue weighted by Crippen LogP contribution is -2.40. The second kappa shape index (κ2) is 5.26. The Morgan fingerprint density at radius 2 is 2.06 bits per heavy atom. The topological polar surface area (TPSA) is 69.6 Å². The summed E-state index contributed by atoms with van der Waals surface area (Å²) in [6.07, 6.45) is -7.39. The molecule has 0 bridgehead atoms. The fourth-order valence-electron chi connectivity index (χ4n) is 1.27. The van der Waals surface area contributed by atoms with E-state index in [4.69, 9.17) is 5.11 Å². The Morgan fingerprint density at radius 1 is 1.44 bits per heavy atom. The number of phenols is 1. The van der Waals surface area contributed by atoms with Crippen LogP contribution in [-0.2, 0) is 0 Å². The number of halogens is 3. The summed E-state index contributed by atoms with van der Waals surface area (Å²) in [7, 11) is 0. The fourth-order valence-corrected chi connectivity index (χ4v) is 1.27. The minimum atomic E-state index is -4.78. The first-order valence-electron chi connectivity index (χ1n) is 5.05. The summed E-state index contributed by atoms with van der Waals surface area (Å²) < 4.78 is 36.0.